The summed E-state index contributed by atoms with van der Waals surface area (Å²) in [6.07, 6.45) is 5.34. The van der Waals surface area contributed by atoms with Gasteiger partial charge in [0, 0.05) is 13.0 Å². The molecule has 0 aromatic rings. The average Bonchev–Trinajstić information content (AvgIpc) is 2.00. The van der Waals surface area contributed by atoms with Gasteiger partial charge in [-0.2, -0.15) is 0 Å². The molecule has 2 aliphatic carbocycles. The summed E-state index contributed by atoms with van der Waals surface area (Å²) in [6.45, 7) is 0.164. The summed E-state index contributed by atoms with van der Waals surface area (Å²) in [5.41, 5.74) is -1.30. The highest BCUT2D eigenvalue weighted by Gasteiger charge is 2.48. The minimum absolute atomic E-state index is 0.164. The third-order valence-electron chi connectivity index (χ3n) is 3.82. The van der Waals surface area contributed by atoms with E-state index in [9.17, 15) is 10.2 Å². The molecule has 2 fully saturated rings. The molecule has 0 aliphatic heterocycles. The minimum Gasteiger partial charge on any atom is -0.396 e. The average molecular weight is 200 g/mol. The fourth-order valence-electron chi connectivity index (χ4n) is 3.42. The maximum Gasteiger partial charge on any atom is 0.0677 e. The Labute approximate surface area is 84.8 Å². The van der Waals surface area contributed by atoms with Crippen molar-refractivity contribution in [2.45, 2.75) is 56.1 Å². The molecule has 0 aromatic carbocycles. The zero-order valence-corrected chi connectivity index (χ0v) is 8.58. The first kappa shape index (κ1) is 10.4. The molecule has 2 unspecified atom stereocenters. The molecule has 3 nitrogen and oxygen atoms in total. The molecule has 3 heteroatoms. The van der Waals surface area contributed by atoms with E-state index >= 15 is 0 Å². The smallest absolute Gasteiger partial charge is 0.0677 e. The van der Waals surface area contributed by atoms with Gasteiger partial charge in [0.25, 0.3) is 0 Å². The van der Waals surface area contributed by atoms with Gasteiger partial charge in [-0.25, -0.2) is 0 Å². The van der Waals surface area contributed by atoms with E-state index < -0.39 is 11.2 Å². The van der Waals surface area contributed by atoms with Crippen molar-refractivity contribution in [1.29, 1.82) is 0 Å². The van der Waals surface area contributed by atoms with Crippen LogP contribution in [0.25, 0.3) is 0 Å². The fourth-order valence-corrected chi connectivity index (χ4v) is 3.42. The van der Waals surface area contributed by atoms with Crippen molar-refractivity contribution in [2.75, 3.05) is 6.61 Å². The Bertz CT molecular complexity index is 201. The monoisotopic (exact) mass is 200 g/mol. The van der Waals surface area contributed by atoms with Crippen molar-refractivity contribution in [1.82, 2.24) is 0 Å². The highest BCUT2D eigenvalue weighted by Crippen LogP contribution is 2.48. The van der Waals surface area contributed by atoms with Crippen LogP contribution in [0.3, 0.4) is 0 Å². The van der Waals surface area contributed by atoms with Gasteiger partial charge in [0.1, 0.15) is 0 Å². The van der Waals surface area contributed by atoms with Crippen LogP contribution in [0.5, 0.6) is 0 Å². The molecule has 0 spiro atoms. The number of hydrogen-bond acceptors (Lipinski definition) is 3. The summed E-state index contributed by atoms with van der Waals surface area (Å²) in [7, 11) is 0. The highest BCUT2D eigenvalue weighted by molar-refractivity contribution is 5.01. The van der Waals surface area contributed by atoms with Crippen LogP contribution in [0.2, 0.25) is 0 Å². The number of aliphatic hydroxyl groups excluding tert-OH is 1. The second kappa shape index (κ2) is 3.47. The second-order valence-corrected chi connectivity index (χ2v) is 5.27. The van der Waals surface area contributed by atoms with Gasteiger partial charge in [-0.05, 0) is 44.4 Å². The highest BCUT2D eigenvalue weighted by atomic mass is 16.3. The van der Waals surface area contributed by atoms with E-state index in [0.29, 0.717) is 18.8 Å². The van der Waals surface area contributed by atoms with Crippen LogP contribution in [-0.2, 0) is 0 Å². The molecule has 2 bridgehead atoms. The third kappa shape index (κ3) is 1.95. The number of rotatable bonds is 2. The minimum atomic E-state index is -0.648. The van der Waals surface area contributed by atoms with Gasteiger partial charge < -0.3 is 15.3 Å². The molecule has 14 heavy (non-hydrogen) atoms. The van der Waals surface area contributed by atoms with Gasteiger partial charge >= 0.3 is 0 Å². The Morgan fingerprint density at radius 3 is 2.14 bits per heavy atom. The molecular formula is C11H20O3. The largest absolute Gasteiger partial charge is 0.396 e. The second-order valence-electron chi connectivity index (χ2n) is 5.27. The van der Waals surface area contributed by atoms with E-state index in [2.05, 4.69) is 0 Å². The van der Waals surface area contributed by atoms with Crippen molar-refractivity contribution in [3.63, 3.8) is 0 Å². The number of aliphatic hydroxyl groups is 3. The molecule has 2 atom stereocenters. The van der Waals surface area contributed by atoms with E-state index in [4.69, 9.17) is 5.11 Å². The third-order valence-corrected chi connectivity index (χ3v) is 3.82. The molecule has 82 valence electrons. The van der Waals surface area contributed by atoms with E-state index in [1.54, 1.807) is 0 Å². The molecule has 0 saturated heterocycles. The van der Waals surface area contributed by atoms with Crippen molar-refractivity contribution < 1.29 is 15.3 Å². The zero-order chi connectivity index (χ0) is 10.2. The van der Waals surface area contributed by atoms with Crippen LogP contribution >= 0.6 is 0 Å². The summed E-state index contributed by atoms with van der Waals surface area (Å²) in [5.74, 6) is 0.295. The van der Waals surface area contributed by atoms with Crippen LogP contribution in [0, 0.1) is 5.92 Å². The zero-order valence-electron chi connectivity index (χ0n) is 8.58. The Morgan fingerprint density at radius 1 is 1.07 bits per heavy atom. The van der Waals surface area contributed by atoms with Crippen LogP contribution in [0.4, 0.5) is 0 Å². The van der Waals surface area contributed by atoms with Crippen LogP contribution in [-0.4, -0.2) is 33.1 Å². The van der Waals surface area contributed by atoms with E-state index in [1.165, 1.54) is 0 Å². The molecule has 3 N–H and O–H groups in total. The maximum absolute atomic E-state index is 10.2. The topological polar surface area (TPSA) is 60.7 Å². The predicted molar refractivity (Wildman–Crippen MR) is 52.8 cm³/mol. The summed E-state index contributed by atoms with van der Waals surface area (Å²) in [5, 5.41) is 29.3. The first-order valence-corrected chi connectivity index (χ1v) is 5.61. The van der Waals surface area contributed by atoms with Gasteiger partial charge in [0.2, 0.25) is 0 Å². The first-order chi connectivity index (χ1) is 6.55. The Morgan fingerprint density at radius 2 is 1.64 bits per heavy atom. The molecule has 0 radical (unpaired) electrons. The molecular weight excluding hydrogens is 180 g/mol. The molecule has 0 amide bonds. The van der Waals surface area contributed by atoms with Crippen molar-refractivity contribution >= 4 is 0 Å². The molecule has 2 rings (SSSR count). The van der Waals surface area contributed by atoms with Crippen LogP contribution in [0.1, 0.15) is 44.9 Å². The Kier molecular flexibility index (Phi) is 2.58. The normalized spacial score (nSPS) is 47.8. The van der Waals surface area contributed by atoms with Gasteiger partial charge in [-0.1, -0.05) is 0 Å². The summed E-state index contributed by atoms with van der Waals surface area (Å²) in [4.78, 5) is 0. The summed E-state index contributed by atoms with van der Waals surface area (Å²) >= 11 is 0. The standard InChI is InChI=1S/C11H20O3/c12-5-2-9-6-10(13)3-1-4-11(14,7-9)8-10/h9,12-14H,1-8H2. The molecule has 0 aromatic heterocycles. The fraction of sp³-hybridized carbons (Fsp3) is 1.00. The van der Waals surface area contributed by atoms with E-state index in [0.717, 1.165) is 32.1 Å². The van der Waals surface area contributed by atoms with Crippen LogP contribution < -0.4 is 0 Å². The quantitative estimate of drug-likeness (QED) is 0.618. The lowest BCUT2D eigenvalue weighted by Crippen LogP contribution is -2.52. The first-order valence-electron chi connectivity index (χ1n) is 5.61. The number of fused-ring (bicyclic) bond motifs is 2. The maximum atomic E-state index is 10.2. The SMILES string of the molecule is OCCC1CC2(O)CCCC(O)(C1)C2. The lowest BCUT2D eigenvalue weighted by molar-refractivity contribution is -0.152. The lowest BCUT2D eigenvalue weighted by atomic mass is 9.62. The number of hydrogen-bond donors (Lipinski definition) is 3. The summed E-state index contributed by atoms with van der Waals surface area (Å²) in [6, 6.07) is 0. The van der Waals surface area contributed by atoms with Crippen molar-refractivity contribution in [3.05, 3.63) is 0 Å². The van der Waals surface area contributed by atoms with Crippen molar-refractivity contribution in [2.24, 2.45) is 5.92 Å². The molecule has 2 saturated carbocycles. The van der Waals surface area contributed by atoms with E-state index in [1.807, 2.05) is 0 Å². The lowest BCUT2D eigenvalue weighted by Gasteiger charge is -2.50. The van der Waals surface area contributed by atoms with Crippen LogP contribution in [0.15, 0.2) is 0 Å². The Balaban J connectivity index is 2.08. The van der Waals surface area contributed by atoms with E-state index in [-0.39, 0.29) is 6.61 Å². The van der Waals surface area contributed by atoms with Gasteiger partial charge in [-0.3, -0.25) is 0 Å². The Hall–Kier alpha value is -0.120. The molecule has 2 aliphatic rings. The molecule has 0 heterocycles. The van der Waals surface area contributed by atoms with Crippen molar-refractivity contribution in [3.8, 4) is 0 Å². The summed E-state index contributed by atoms with van der Waals surface area (Å²) < 4.78 is 0. The van der Waals surface area contributed by atoms with Gasteiger partial charge in [-0.15, -0.1) is 0 Å². The van der Waals surface area contributed by atoms with Gasteiger partial charge in [0.05, 0.1) is 11.2 Å². The predicted octanol–water partition coefficient (Wildman–Crippen LogP) is 0.815. The van der Waals surface area contributed by atoms with Gasteiger partial charge in [0.15, 0.2) is 0 Å².